The van der Waals surface area contributed by atoms with Crippen LogP contribution in [0, 0.1) is 52.3 Å². The van der Waals surface area contributed by atoms with Crippen LogP contribution in [0.3, 0.4) is 0 Å². The predicted molar refractivity (Wildman–Crippen MR) is 178 cm³/mol. The fourth-order valence-corrected chi connectivity index (χ4v) is 12.1. The molecular formula is C35H58N5O4P. The van der Waals surface area contributed by atoms with E-state index in [9.17, 15) is 9.46 Å². The number of hydrogen-bond donors (Lipinski definition) is 2. The third-order valence-electron chi connectivity index (χ3n) is 13.3. The minimum atomic E-state index is -3.87. The van der Waals surface area contributed by atoms with Crippen LogP contribution in [0.5, 0.6) is 0 Å². The van der Waals surface area contributed by atoms with E-state index in [1.54, 1.807) is 6.33 Å². The Morgan fingerprint density at radius 3 is 2.60 bits per heavy atom. The van der Waals surface area contributed by atoms with Crippen LogP contribution in [0.4, 0.5) is 5.82 Å². The molecule has 0 radical (unpaired) electrons. The maximum Gasteiger partial charge on any atom is 0.353 e. The molecule has 4 saturated carbocycles. The van der Waals surface area contributed by atoms with Crippen LogP contribution in [0.15, 0.2) is 12.7 Å². The van der Waals surface area contributed by atoms with E-state index in [-0.39, 0.29) is 19.1 Å². The van der Waals surface area contributed by atoms with Crippen molar-refractivity contribution in [2.75, 3.05) is 18.7 Å². The lowest BCUT2D eigenvalue weighted by Crippen LogP contribution is -2.54. The summed E-state index contributed by atoms with van der Waals surface area (Å²) >= 11 is 0. The normalized spacial score (nSPS) is 36.8. The van der Waals surface area contributed by atoms with Gasteiger partial charge in [0.05, 0.1) is 19.0 Å². The molecular weight excluding hydrogens is 585 g/mol. The Hall–Kier alpha value is -1.54. The van der Waals surface area contributed by atoms with E-state index >= 15 is 0 Å². The van der Waals surface area contributed by atoms with Crippen LogP contribution in [-0.4, -0.2) is 43.5 Å². The summed E-state index contributed by atoms with van der Waals surface area (Å²) in [6, 6.07) is 0. The standard InChI is InChI=1S/C35H58N5O4P/c1-23(2)7-6-8-24(3)28-11-12-29-27-10-9-25-19-26(13-15-34(25,4)30(27)14-16-35(28,29)5)44-45(41,42)22-43-18-17-40-21-39-31-32(36)37-20-38-33(31)40/h20-21,23-30H,6-19,22H2,1-5H3,(H,41,42)(H2,36,37,38)/t24-,25?,26+,27+,28-,29+,30+,34+,35-/m1/s1. The van der Waals surface area contributed by atoms with Crippen LogP contribution < -0.4 is 5.73 Å². The lowest BCUT2D eigenvalue weighted by atomic mass is 9.44. The summed E-state index contributed by atoms with van der Waals surface area (Å²) in [4.78, 5) is 23.2. The highest BCUT2D eigenvalue weighted by atomic mass is 31.2. The molecule has 0 bridgehead atoms. The Balaban J connectivity index is 0.999. The first-order valence-corrected chi connectivity index (χ1v) is 19.7. The van der Waals surface area contributed by atoms with E-state index in [4.69, 9.17) is 15.0 Å². The second kappa shape index (κ2) is 13.2. The molecule has 0 aromatic carbocycles. The highest BCUT2D eigenvalue weighted by molar-refractivity contribution is 7.52. The Bertz CT molecular complexity index is 1370. The number of fused-ring (bicyclic) bond motifs is 6. The van der Waals surface area contributed by atoms with Gasteiger partial charge in [0.1, 0.15) is 18.2 Å². The molecule has 4 aliphatic carbocycles. The third kappa shape index (κ3) is 6.62. The molecule has 10 heteroatoms. The molecule has 0 aliphatic heterocycles. The van der Waals surface area contributed by atoms with E-state index < -0.39 is 7.60 Å². The summed E-state index contributed by atoms with van der Waals surface area (Å²) in [5.74, 6) is 5.95. The molecule has 4 fully saturated rings. The van der Waals surface area contributed by atoms with Crippen molar-refractivity contribution in [3.63, 3.8) is 0 Å². The maximum atomic E-state index is 13.1. The van der Waals surface area contributed by atoms with Crippen molar-refractivity contribution < 1.29 is 18.7 Å². The van der Waals surface area contributed by atoms with Gasteiger partial charge in [0, 0.05) is 6.54 Å². The second-order valence-electron chi connectivity index (χ2n) is 16.2. The van der Waals surface area contributed by atoms with E-state index in [0.29, 0.717) is 40.3 Å². The average molecular weight is 644 g/mol. The van der Waals surface area contributed by atoms with Crippen molar-refractivity contribution >= 4 is 24.6 Å². The monoisotopic (exact) mass is 643 g/mol. The molecule has 2 aromatic rings. The summed E-state index contributed by atoms with van der Waals surface area (Å²) in [5.41, 5.74) is 7.87. The number of anilines is 1. The van der Waals surface area contributed by atoms with Crippen LogP contribution in [0.2, 0.25) is 0 Å². The first-order valence-electron chi connectivity index (χ1n) is 17.9. The molecule has 0 spiro atoms. The molecule has 0 saturated heterocycles. The zero-order chi connectivity index (χ0) is 32.0. The molecule has 0 amide bonds. The molecule has 2 unspecified atom stereocenters. The van der Waals surface area contributed by atoms with Gasteiger partial charge in [-0.25, -0.2) is 15.0 Å². The first-order chi connectivity index (χ1) is 21.4. The molecule has 2 heterocycles. The van der Waals surface area contributed by atoms with Crippen molar-refractivity contribution in [1.82, 2.24) is 19.5 Å². The summed E-state index contributed by atoms with van der Waals surface area (Å²) in [7, 11) is -3.87. The smallest absolute Gasteiger partial charge is 0.353 e. The fraction of sp³-hybridized carbons (Fsp3) is 0.857. The minimum Gasteiger partial charge on any atom is -0.382 e. The van der Waals surface area contributed by atoms with Crippen molar-refractivity contribution in [2.24, 2.45) is 52.3 Å². The van der Waals surface area contributed by atoms with Crippen LogP contribution >= 0.6 is 7.60 Å². The Labute approximate surface area is 270 Å². The number of hydrogen-bond acceptors (Lipinski definition) is 7. The number of nitrogens with two attached hydrogens (primary N) is 1. The topological polar surface area (TPSA) is 125 Å². The van der Waals surface area contributed by atoms with E-state index in [0.717, 1.165) is 54.8 Å². The van der Waals surface area contributed by atoms with Crippen LogP contribution in [-0.2, 0) is 20.4 Å². The lowest BCUT2D eigenvalue weighted by Gasteiger charge is -2.61. The third-order valence-corrected chi connectivity index (χ3v) is 14.4. The number of nitrogens with zero attached hydrogens (tertiary/aromatic N) is 4. The quantitative estimate of drug-likeness (QED) is 0.176. The maximum absolute atomic E-state index is 13.1. The van der Waals surface area contributed by atoms with Crippen molar-refractivity contribution in [1.29, 1.82) is 0 Å². The highest BCUT2D eigenvalue weighted by Crippen LogP contribution is 2.68. The number of imidazole rings is 1. The predicted octanol–water partition coefficient (Wildman–Crippen LogP) is 8.07. The average Bonchev–Trinajstić information content (AvgIpc) is 3.57. The van der Waals surface area contributed by atoms with Crippen molar-refractivity contribution in [2.45, 2.75) is 124 Å². The van der Waals surface area contributed by atoms with E-state index in [2.05, 4.69) is 49.6 Å². The van der Waals surface area contributed by atoms with Gasteiger partial charge in [0.2, 0.25) is 0 Å². The molecule has 3 N–H and O–H groups in total. The van der Waals surface area contributed by atoms with Gasteiger partial charge in [-0.2, -0.15) is 0 Å². The van der Waals surface area contributed by atoms with Crippen molar-refractivity contribution in [3.8, 4) is 0 Å². The Morgan fingerprint density at radius 1 is 1.02 bits per heavy atom. The van der Waals surface area contributed by atoms with Crippen LogP contribution in [0.1, 0.15) is 112 Å². The fourth-order valence-electron chi connectivity index (χ4n) is 11.0. The van der Waals surface area contributed by atoms with Gasteiger partial charge in [-0.1, -0.05) is 53.9 Å². The highest BCUT2D eigenvalue weighted by Gasteiger charge is 2.60. The van der Waals surface area contributed by atoms with E-state index in [1.807, 2.05) is 4.57 Å². The van der Waals surface area contributed by atoms with Gasteiger partial charge in [-0.15, -0.1) is 0 Å². The Morgan fingerprint density at radius 2 is 1.80 bits per heavy atom. The van der Waals surface area contributed by atoms with Crippen molar-refractivity contribution in [3.05, 3.63) is 12.7 Å². The molecule has 4 aliphatic rings. The van der Waals surface area contributed by atoms with Gasteiger partial charge in [0.25, 0.3) is 0 Å². The first kappa shape index (κ1) is 33.4. The van der Waals surface area contributed by atoms with Gasteiger partial charge < -0.3 is 24.5 Å². The summed E-state index contributed by atoms with van der Waals surface area (Å²) in [5, 5.41) is 0. The Kier molecular flexibility index (Phi) is 9.76. The number of ether oxygens (including phenoxy) is 1. The zero-order valence-corrected chi connectivity index (χ0v) is 29.3. The molecule has 2 aromatic heterocycles. The molecule has 252 valence electrons. The number of nitrogen functional groups attached to an aromatic ring is 1. The van der Waals surface area contributed by atoms with Gasteiger partial charge >= 0.3 is 7.60 Å². The van der Waals surface area contributed by atoms with Gasteiger partial charge in [-0.05, 0) is 110 Å². The zero-order valence-electron chi connectivity index (χ0n) is 28.4. The van der Waals surface area contributed by atoms with Gasteiger partial charge in [-0.3, -0.25) is 4.57 Å². The molecule has 9 nitrogen and oxygen atoms in total. The number of rotatable bonds is 12. The lowest BCUT2D eigenvalue weighted by molar-refractivity contribution is -0.127. The largest absolute Gasteiger partial charge is 0.382 e. The summed E-state index contributed by atoms with van der Waals surface area (Å²) in [6.45, 7) is 13.2. The van der Waals surface area contributed by atoms with Crippen LogP contribution in [0.25, 0.3) is 11.2 Å². The molecule has 10 atom stereocenters. The van der Waals surface area contributed by atoms with Gasteiger partial charge in [0.15, 0.2) is 11.5 Å². The summed E-state index contributed by atoms with van der Waals surface area (Å²) < 4.78 is 26.4. The minimum absolute atomic E-state index is 0.173. The second-order valence-corrected chi connectivity index (χ2v) is 18.0. The number of aromatic nitrogens is 4. The molecule has 45 heavy (non-hydrogen) atoms. The SMILES string of the molecule is CC(C)CCC[C@@H](C)[C@H]1CC[C@H]2[C@@H]3CCC4C[C@@H](OP(=O)(O)COCCn5cnc6c(N)ncnc65)CC[C@]4(C)[C@H]3CC[C@]12C. The van der Waals surface area contributed by atoms with E-state index in [1.165, 1.54) is 64.1 Å². The summed E-state index contributed by atoms with van der Waals surface area (Å²) in [6.07, 6.45) is 17.7. The molecule has 6 rings (SSSR count).